The van der Waals surface area contributed by atoms with E-state index < -0.39 is 28.8 Å². The van der Waals surface area contributed by atoms with Gasteiger partial charge >= 0.3 is 6.09 Å². The van der Waals surface area contributed by atoms with Crippen LogP contribution in [0.25, 0.3) is 0 Å². The largest absolute Gasteiger partial charge is 0.508 e. The van der Waals surface area contributed by atoms with Crippen LogP contribution in [0, 0.1) is 27.9 Å². The number of ether oxygens (including phenoxy) is 3. The number of aromatic hydroxyl groups is 1. The number of benzene rings is 2. The van der Waals surface area contributed by atoms with E-state index >= 15 is 0 Å². The maximum atomic E-state index is 13.4. The number of aliphatic hydroxyl groups excluding tert-OH is 2. The van der Waals surface area contributed by atoms with Gasteiger partial charge in [0.25, 0.3) is 5.69 Å². The smallest absolute Gasteiger partial charge is 0.409 e. The summed E-state index contributed by atoms with van der Waals surface area (Å²) >= 11 is 0. The van der Waals surface area contributed by atoms with Gasteiger partial charge in [-0.1, -0.05) is 30.1 Å². The molecule has 1 heterocycles. The van der Waals surface area contributed by atoms with Crippen LogP contribution in [0.1, 0.15) is 68.9 Å². The number of likely N-dealkylation sites (N-methyl/N-ethyl adjacent to an activating group) is 1. The van der Waals surface area contributed by atoms with Crippen LogP contribution in [-0.2, 0) is 20.9 Å². The molecule has 3 N–H and O–H groups in total. The van der Waals surface area contributed by atoms with Crippen molar-refractivity contribution >= 4 is 17.5 Å². The number of oxime groups is 1. The molecule has 2 aromatic rings. The fourth-order valence-electron chi connectivity index (χ4n) is 7.99. The lowest BCUT2D eigenvalue weighted by Crippen LogP contribution is -2.69. The van der Waals surface area contributed by atoms with Gasteiger partial charge in [-0.2, -0.15) is 0 Å². The quantitative estimate of drug-likeness (QED) is 0.0741. The highest BCUT2D eigenvalue weighted by atomic mass is 16.7. The number of rotatable bonds is 17. The van der Waals surface area contributed by atoms with E-state index in [9.17, 15) is 30.2 Å². The molecule has 0 bridgehead atoms. The van der Waals surface area contributed by atoms with Crippen LogP contribution in [0.2, 0.25) is 0 Å². The molecule has 1 fully saturated rings. The minimum Gasteiger partial charge on any atom is -0.508 e. The van der Waals surface area contributed by atoms with Gasteiger partial charge in [0, 0.05) is 50.3 Å². The second kappa shape index (κ2) is 17.2. The van der Waals surface area contributed by atoms with E-state index in [1.165, 1.54) is 17.0 Å². The number of nitro groups is 1. The first-order valence-corrected chi connectivity index (χ1v) is 17.7. The standard InChI is InChI=1S/C38H49N3O10/c1-4-20-49-38-34(40(3)37(45)48-5-2)23-32(39-50-24-25-12-14-27(15-13-25)41(46)47)30-21-26(10-6-8-18-42)29(11-7-9-19-43)35(36(30)38)31-22-28(44)16-17-33(31)51-38/h4,12-17,21-22,26,29,34-36,42-44H,1,5-11,18-20,23-24H2,2-3H3/t26-,29+,34-,35+,36+,38+/m0/s1. The molecule has 0 spiro atoms. The number of phenolic OH excluding ortho intramolecular Hbond substituents is 1. The Morgan fingerprint density at radius 3 is 2.53 bits per heavy atom. The van der Waals surface area contributed by atoms with Gasteiger partial charge in [-0.05, 0) is 85.9 Å². The molecule has 0 radical (unpaired) electrons. The molecule has 276 valence electrons. The predicted octanol–water partition coefficient (Wildman–Crippen LogP) is 6.22. The van der Waals surface area contributed by atoms with Gasteiger partial charge < -0.3 is 39.3 Å². The molecule has 1 aliphatic heterocycles. The van der Waals surface area contributed by atoms with Gasteiger partial charge in [0.2, 0.25) is 5.79 Å². The molecule has 13 heteroatoms. The first kappa shape index (κ1) is 37.8. The Kier molecular flexibility index (Phi) is 12.7. The van der Waals surface area contributed by atoms with Crippen molar-refractivity contribution in [1.29, 1.82) is 0 Å². The van der Waals surface area contributed by atoms with Crippen molar-refractivity contribution in [1.82, 2.24) is 4.90 Å². The molecule has 5 rings (SSSR count). The summed E-state index contributed by atoms with van der Waals surface area (Å²) in [6, 6.07) is 10.4. The molecule has 1 saturated carbocycles. The van der Waals surface area contributed by atoms with E-state index in [4.69, 9.17) is 19.0 Å². The third-order valence-electron chi connectivity index (χ3n) is 10.2. The molecule has 0 saturated heterocycles. The van der Waals surface area contributed by atoms with Crippen molar-refractivity contribution in [3.63, 3.8) is 0 Å². The average molecular weight is 708 g/mol. The van der Waals surface area contributed by atoms with Gasteiger partial charge in [0.05, 0.1) is 29.8 Å². The minimum atomic E-state index is -1.42. The lowest BCUT2D eigenvalue weighted by atomic mass is 9.55. The summed E-state index contributed by atoms with van der Waals surface area (Å²) in [5, 5.41) is 46.0. The number of hydrogen-bond acceptors (Lipinski definition) is 11. The lowest BCUT2D eigenvalue weighted by molar-refractivity contribution is -0.384. The second-order valence-electron chi connectivity index (χ2n) is 13.3. The number of amides is 1. The van der Waals surface area contributed by atoms with Gasteiger partial charge in [0.1, 0.15) is 24.1 Å². The van der Waals surface area contributed by atoms with E-state index in [2.05, 4.69) is 17.8 Å². The van der Waals surface area contributed by atoms with Crippen LogP contribution >= 0.6 is 0 Å². The molecule has 0 aromatic heterocycles. The average Bonchev–Trinajstić information content (AvgIpc) is 3.12. The van der Waals surface area contributed by atoms with Crippen LogP contribution in [0.4, 0.5) is 10.5 Å². The normalized spacial score (nSPS) is 25.5. The number of carbonyl (C=O) groups is 1. The fourth-order valence-corrected chi connectivity index (χ4v) is 7.99. The van der Waals surface area contributed by atoms with Crippen LogP contribution < -0.4 is 4.74 Å². The summed E-state index contributed by atoms with van der Waals surface area (Å²) < 4.78 is 19.2. The molecule has 1 amide bonds. The van der Waals surface area contributed by atoms with Crippen molar-refractivity contribution in [2.24, 2.45) is 22.9 Å². The third kappa shape index (κ3) is 8.05. The topological polar surface area (TPSA) is 173 Å². The second-order valence-corrected chi connectivity index (χ2v) is 13.3. The van der Waals surface area contributed by atoms with E-state index in [-0.39, 0.29) is 68.6 Å². The summed E-state index contributed by atoms with van der Waals surface area (Å²) in [6.07, 6.45) is 7.88. The molecule has 3 aliphatic rings. The molecule has 13 nitrogen and oxygen atoms in total. The van der Waals surface area contributed by atoms with Crippen molar-refractivity contribution in [3.8, 4) is 11.5 Å². The highest BCUT2D eigenvalue weighted by molar-refractivity contribution is 6.02. The fraction of sp³-hybridized carbons (Fsp3) is 0.526. The SMILES string of the molecule is C=CCO[C@@]12Oc3ccc(O)cc3[C@H]3[C@H](CCCCO)[C@@H](CCCCO)C=C(C(=NOCc4ccc([N+](=O)[O-])cc4)C[C@@H]1N(C)C(=O)OCC)[C@H]32. The van der Waals surface area contributed by atoms with Crippen molar-refractivity contribution in [2.45, 2.75) is 76.2 Å². The molecule has 0 unspecified atom stereocenters. The Morgan fingerprint density at radius 2 is 1.86 bits per heavy atom. The Balaban J connectivity index is 1.69. The highest BCUT2D eigenvalue weighted by Crippen LogP contribution is 2.61. The van der Waals surface area contributed by atoms with Gasteiger partial charge in [-0.3, -0.25) is 10.1 Å². The molecule has 2 aliphatic carbocycles. The van der Waals surface area contributed by atoms with Gasteiger partial charge in [-0.25, -0.2) is 4.79 Å². The number of phenols is 1. The number of fused-ring (bicyclic) bond motifs is 2. The first-order valence-electron chi connectivity index (χ1n) is 17.7. The maximum absolute atomic E-state index is 13.4. The first-order chi connectivity index (χ1) is 24.7. The zero-order valence-electron chi connectivity index (χ0n) is 29.3. The van der Waals surface area contributed by atoms with Crippen molar-refractivity contribution < 1.29 is 44.1 Å². The number of aliphatic hydroxyl groups is 2. The predicted molar refractivity (Wildman–Crippen MR) is 189 cm³/mol. The summed E-state index contributed by atoms with van der Waals surface area (Å²) in [6.45, 7) is 6.13. The number of hydrogen-bond donors (Lipinski definition) is 3. The Bertz CT molecular complexity index is 1590. The molecule has 51 heavy (non-hydrogen) atoms. The van der Waals surface area contributed by atoms with Crippen molar-refractivity contribution in [3.05, 3.63) is 88.0 Å². The van der Waals surface area contributed by atoms with E-state index in [0.717, 1.165) is 36.8 Å². The van der Waals surface area contributed by atoms with E-state index in [1.54, 1.807) is 50.4 Å². The van der Waals surface area contributed by atoms with Gasteiger partial charge in [-0.15, -0.1) is 6.58 Å². The number of nitrogens with zero attached hydrogens (tertiary/aromatic N) is 3. The highest BCUT2D eigenvalue weighted by Gasteiger charge is 2.65. The van der Waals surface area contributed by atoms with Crippen LogP contribution in [0.15, 0.2) is 71.9 Å². The number of allylic oxidation sites excluding steroid dienone is 1. The number of nitro benzene ring substituents is 1. The Morgan fingerprint density at radius 1 is 1.14 bits per heavy atom. The summed E-state index contributed by atoms with van der Waals surface area (Å²) in [5.41, 5.74) is 2.93. The zero-order chi connectivity index (χ0) is 36.5. The third-order valence-corrected chi connectivity index (χ3v) is 10.2. The van der Waals surface area contributed by atoms with Crippen LogP contribution in [0.5, 0.6) is 11.5 Å². The number of unbranched alkanes of at least 4 members (excludes halogenated alkanes) is 2. The van der Waals surface area contributed by atoms with Crippen molar-refractivity contribution in [2.75, 3.05) is 33.5 Å². The monoisotopic (exact) mass is 707 g/mol. The molecular weight excluding hydrogens is 658 g/mol. The summed E-state index contributed by atoms with van der Waals surface area (Å²) in [7, 11) is 1.65. The lowest BCUT2D eigenvalue weighted by Gasteiger charge is -2.59. The number of non-ortho nitro benzene ring substituents is 1. The minimum absolute atomic E-state index is 0.0223. The summed E-state index contributed by atoms with van der Waals surface area (Å²) in [4.78, 5) is 31.6. The van der Waals surface area contributed by atoms with E-state index in [1.807, 2.05) is 0 Å². The maximum Gasteiger partial charge on any atom is 0.409 e. The van der Waals surface area contributed by atoms with Gasteiger partial charge in [0.15, 0.2) is 0 Å². The van der Waals surface area contributed by atoms with Crippen LogP contribution in [0.3, 0.4) is 0 Å². The summed E-state index contributed by atoms with van der Waals surface area (Å²) in [5.74, 6) is -1.50. The Labute approximate surface area is 298 Å². The van der Waals surface area contributed by atoms with Crippen LogP contribution in [-0.4, -0.2) is 82.3 Å². The number of carbonyl (C=O) groups excluding carboxylic acids is 1. The molecular formula is C38H49N3O10. The zero-order valence-corrected chi connectivity index (χ0v) is 29.3. The Hall–Kier alpha value is -4.46. The van der Waals surface area contributed by atoms with E-state index in [0.29, 0.717) is 29.9 Å². The molecule has 2 aromatic carbocycles. The molecule has 6 atom stereocenters.